The molecule has 3 aromatic rings. The van der Waals surface area contributed by atoms with Crippen molar-refractivity contribution in [1.29, 1.82) is 0 Å². The number of aliphatic hydroxyl groups is 1. The normalized spacial score (nSPS) is 28.1. The molecule has 3 aromatic carbocycles. The molecule has 0 heterocycles. The first-order chi connectivity index (χ1) is 22.2. The Hall–Kier alpha value is -3.58. The van der Waals surface area contributed by atoms with Gasteiger partial charge in [-0.05, 0) is 108 Å². The summed E-state index contributed by atoms with van der Waals surface area (Å²) in [5.41, 5.74) is 3.67. The van der Waals surface area contributed by atoms with Crippen LogP contribution in [0.1, 0.15) is 73.6 Å². The molecule has 3 aliphatic rings. The Balaban J connectivity index is 1.17. The number of fused-ring (bicyclic) bond motifs is 5. The highest BCUT2D eigenvalue weighted by molar-refractivity contribution is 5.79. The van der Waals surface area contributed by atoms with Crippen molar-refractivity contribution in [3.8, 4) is 17.2 Å². The zero-order chi connectivity index (χ0) is 32.4. The van der Waals surface area contributed by atoms with E-state index >= 15 is 4.39 Å². The van der Waals surface area contributed by atoms with Gasteiger partial charge in [0.1, 0.15) is 11.9 Å². The lowest BCUT2D eigenvalue weighted by Crippen LogP contribution is -2.51. The number of benzene rings is 3. The van der Waals surface area contributed by atoms with Crippen LogP contribution in [0.2, 0.25) is 0 Å². The Morgan fingerprint density at radius 3 is 2.52 bits per heavy atom. The molecule has 6 nitrogen and oxygen atoms in total. The molecule has 0 aliphatic heterocycles. The molecular formula is C39H48FNO5. The van der Waals surface area contributed by atoms with Gasteiger partial charge in [0.2, 0.25) is 5.91 Å². The highest BCUT2D eigenvalue weighted by atomic mass is 19.1. The first-order valence-corrected chi connectivity index (χ1v) is 16.9. The molecule has 1 amide bonds. The summed E-state index contributed by atoms with van der Waals surface area (Å²) in [6.07, 6.45) is 4.36. The number of halogens is 1. The molecule has 7 atom stereocenters. The smallest absolute Gasteiger partial charge is 0.227 e. The van der Waals surface area contributed by atoms with E-state index in [2.05, 4.69) is 19.1 Å². The van der Waals surface area contributed by atoms with Gasteiger partial charge in [-0.15, -0.1) is 0 Å². The van der Waals surface area contributed by atoms with Gasteiger partial charge < -0.3 is 24.6 Å². The van der Waals surface area contributed by atoms with Crippen LogP contribution in [-0.4, -0.2) is 54.1 Å². The number of hydrogen-bond donors (Lipinski definition) is 2. The number of rotatable bonds is 11. The monoisotopic (exact) mass is 629 g/mol. The first kappa shape index (κ1) is 32.4. The summed E-state index contributed by atoms with van der Waals surface area (Å²) in [6, 6.07) is 21.1. The second-order valence-corrected chi connectivity index (χ2v) is 14.0. The van der Waals surface area contributed by atoms with Gasteiger partial charge in [0.15, 0.2) is 11.5 Å². The molecule has 0 radical (unpaired) electrons. The van der Waals surface area contributed by atoms with E-state index in [1.807, 2.05) is 53.4 Å². The minimum absolute atomic E-state index is 0.0569. The second-order valence-electron chi connectivity index (χ2n) is 14.0. The van der Waals surface area contributed by atoms with Crippen LogP contribution in [0.4, 0.5) is 4.39 Å². The molecule has 246 valence electrons. The fraction of sp³-hybridized carbons (Fsp3) is 0.513. The predicted octanol–water partition coefficient (Wildman–Crippen LogP) is 7.24. The van der Waals surface area contributed by atoms with Crippen LogP contribution in [-0.2, 0) is 24.2 Å². The van der Waals surface area contributed by atoms with Gasteiger partial charge in [0.25, 0.3) is 0 Å². The largest absolute Gasteiger partial charge is 0.508 e. The van der Waals surface area contributed by atoms with E-state index in [4.69, 9.17) is 9.47 Å². The zero-order valence-corrected chi connectivity index (χ0v) is 27.3. The third-order valence-electron chi connectivity index (χ3n) is 11.4. The molecule has 0 spiro atoms. The highest BCUT2D eigenvalue weighted by Crippen LogP contribution is 2.63. The number of aromatic hydroxyl groups is 1. The molecule has 6 rings (SSSR count). The number of ether oxygens (including phenoxy) is 2. The summed E-state index contributed by atoms with van der Waals surface area (Å²) in [7, 11) is 3.19. The van der Waals surface area contributed by atoms with Crippen molar-refractivity contribution in [2.24, 2.45) is 23.2 Å². The Morgan fingerprint density at radius 2 is 1.76 bits per heavy atom. The quantitative estimate of drug-likeness (QED) is 0.219. The number of carbonyl (C=O) groups excluding carboxylic acids is 1. The summed E-state index contributed by atoms with van der Waals surface area (Å²) in [6.45, 7) is 3.27. The lowest BCUT2D eigenvalue weighted by molar-refractivity contribution is -0.131. The van der Waals surface area contributed by atoms with Crippen LogP contribution in [0.15, 0.2) is 66.7 Å². The van der Waals surface area contributed by atoms with Crippen molar-refractivity contribution < 1.29 is 28.9 Å². The Morgan fingerprint density at radius 1 is 0.978 bits per heavy atom. The molecule has 0 unspecified atom stereocenters. The van der Waals surface area contributed by atoms with Crippen LogP contribution in [0.25, 0.3) is 0 Å². The van der Waals surface area contributed by atoms with Crippen molar-refractivity contribution in [3.63, 3.8) is 0 Å². The number of phenolic OH excluding ortho intramolecular Hbond substituents is 1. The Labute approximate surface area is 272 Å². The second kappa shape index (κ2) is 13.6. The van der Waals surface area contributed by atoms with Gasteiger partial charge in [-0.3, -0.25) is 4.79 Å². The van der Waals surface area contributed by atoms with Gasteiger partial charge >= 0.3 is 0 Å². The molecule has 2 saturated carbocycles. The van der Waals surface area contributed by atoms with Gasteiger partial charge in [0, 0.05) is 19.0 Å². The lowest BCUT2D eigenvalue weighted by Gasteiger charge is -2.54. The summed E-state index contributed by atoms with van der Waals surface area (Å²) in [4.78, 5) is 15.7. The molecule has 46 heavy (non-hydrogen) atoms. The minimum atomic E-state index is -1.01. The number of hydrogen-bond acceptors (Lipinski definition) is 5. The predicted molar refractivity (Wildman–Crippen MR) is 177 cm³/mol. The standard InChI is InChI=1S/C39H48FNO5/c1-39-23-32(40)38-30-14-13-29(42)22-28(30)21-27(37(38)31(39)15-17-35(39)43)11-7-8-18-41(24-25-9-5-4-6-10-25)36(44)20-26-12-16-33(45-2)34(19-26)46-3/h4-6,9-10,12-14,16,19,22,27,31-32,35,37-38,42-43H,7-8,11,15,17-18,20-21,23-24H2,1-3H3/t27-,31+,32+,35+,37+,38+,39+/m1/s1. The SMILES string of the molecule is COc1ccc(CC(=O)N(CCCC[C@@H]2Cc3cc(O)ccc3[C@@H]3[C@@H]2[C@@H]2CC[C@H](O)[C@@]2(C)C[C@@H]3F)Cc2ccccc2)cc1OC. The number of methoxy groups -OCH3 is 2. The fourth-order valence-electron chi connectivity index (χ4n) is 9.12. The molecule has 7 heteroatoms. The number of amides is 1. The van der Waals surface area contributed by atoms with E-state index in [-0.39, 0.29) is 41.7 Å². The van der Waals surface area contributed by atoms with Crippen molar-refractivity contribution in [2.45, 2.75) is 83.0 Å². The topological polar surface area (TPSA) is 79.2 Å². The third-order valence-corrected chi connectivity index (χ3v) is 11.4. The average Bonchev–Trinajstić information content (AvgIpc) is 3.35. The van der Waals surface area contributed by atoms with Crippen LogP contribution in [0.3, 0.4) is 0 Å². The summed E-state index contributed by atoms with van der Waals surface area (Å²) in [5, 5.41) is 21.3. The van der Waals surface area contributed by atoms with Crippen molar-refractivity contribution in [1.82, 2.24) is 4.90 Å². The van der Waals surface area contributed by atoms with Gasteiger partial charge in [-0.2, -0.15) is 0 Å². The minimum Gasteiger partial charge on any atom is -0.508 e. The maximum absolute atomic E-state index is 16.2. The molecule has 2 N–H and O–H groups in total. The third kappa shape index (κ3) is 6.35. The lowest BCUT2D eigenvalue weighted by atomic mass is 9.51. The first-order valence-electron chi connectivity index (χ1n) is 16.9. The molecule has 3 aliphatic carbocycles. The molecule has 0 aromatic heterocycles. The summed E-state index contributed by atoms with van der Waals surface area (Å²) in [5.74, 6) is 2.03. The zero-order valence-electron chi connectivity index (χ0n) is 27.3. The summed E-state index contributed by atoms with van der Waals surface area (Å²) >= 11 is 0. The maximum atomic E-state index is 16.2. The van der Waals surface area contributed by atoms with Gasteiger partial charge in [-0.1, -0.05) is 55.8 Å². The van der Waals surface area contributed by atoms with E-state index in [1.165, 1.54) is 0 Å². The number of unbranched alkanes of at least 4 members (excludes halogenated alkanes) is 1. The molecular weight excluding hydrogens is 581 g/mol. The number of alkyl halides is 1. The number of nitrogens with zero attached hydrogens (tertiary/aromatic N) is 1. The van der Waals surface area contributed by atoms with E-state index < -0.39 is 17.7 Å². The highest BCUT2D eigenvalue weighted by Gasteiger charge is 2.59. The van der Waals surface area contributed by atoms with E-state index in [1.54, 1.807) is 20.3 Å². The van der Waals surface area contributed by atoms with Crippen LogP contribution >= 0.6 is 0 Å². The van der Waals surface area contributed by atoms with Gasteiger partial charge in [0.05, 0.1) is 26.7 Å². The van der Waals surface area contributed by atoms with Crippen LogP contribution in [0.5, 0.6) is 17.2 Å². The fourth-order valence-corrected chi connectivity index (χ4v) is 9.12. The number of carbonyl (C=O) groups is 1. The van der Waals surface area contributed by atoms with Gasteiger partial charge in [-0.25, -0.2) is 4.39 Å². The number of aliphatic hydroxyl groups excluding tert-OH is 1. The number of phenols is 1. The maximum Gasteiger partial charge on any atom is 0.227 e. The van der Waals surface area contributed by atoms with Crippen molar-refractivity contribution >= 4 is 5.91 Å². The van der Waals surface area contributed by atoms with E-state index in [0.717, 1.165) is 60.8 Å². The average molecular weight is 630 g/mol. The summed E-state index contributed by atoms with van der Waals surface area (Å²) < 4.78 is 27.0. The van der Waals surface area contributed by atoms with Crippen molar-refractivity contribution in [3.05, 3.63) is 89.0 Å². The van der Waals surface area contributed by atoms with Crippen molar-refractivity contribution in [2.75, 3.05) is 20.8 Å². The Kier molecular flexibility index (Phi) is 9.60. The Bertz CT molecular complexity index is 1510. The molecule has 0 bridgehead atoms. The molecule has 2 fully saturated rings. The van der Waals surface area contributed by atoms with E-state index in [0.29, 0.717) is 31.0 Å². The van der Waals surface area contributed by atoms with Crippen LogP contribution in [0, 0.1) is 23.2 Å². The van der Waals surface area contributed by atoms with Crippen LogP contribution < -0.4 is 9.47 Å². The molecule has 0 saturated heterocycles. The van der Waals surface area contributed by atoms with E-state index in [9.17, 15) is 15.0 Å².